The predicted octanol–water partition coefficient (Wildman–Crippen LogP) is 7.86. The van der Waals surface area contributed by atoms with Crippen LogP contribution in [0.4, 0.5) is 11.4 Å². The molecule has 2 fully saturated rings. The molecule has 2 N–H and O–H groups in total. The molecule has 0 heterocycles. The average molecular weight is 385 g/mol. The van der Waals surface area contributed by atoms with E-state index in [0.717, 1.165) is 17.8 Å². The zero-order valence-electron chi connectivity index (χ0n) is 18.2. The number of nitrogens with zero attached hydrogens (tertiary/aromatic N) is 1. The molecule has 1 aromatic carbocycles. The topological polar surface area (TPSA) is 29.3 Å². The van der Waals surface area contributed by atoms with Gasteiger partial charge in [-0.05, 0) is 49.9 Å². The van der Waals surface area contributed by atoms with Crippen LogP contribution in [0, 0.1) is 0 Å². The average Bonchev–Trinajstić information content (AvgIpc) is 2.73. The Morgan fingerprint density at radius 2 is 0.821 bits per heavy atom. The van der Waals surface area contributed by atoms with Crippen molar-refractivity contribution in [2.24, 2.45) is 0 Å². The van der Waals surface area contributed by atoms with Crippen LogP contribution in [0.1, 0.15) is 116 Å². The Hall–Kier alpha value is -1.18. The lowest BCUT2D eigenvalue weighted by molar-refractivity contribution is 0.370. The van der Waals surface area contributed by atoms with Gasteiger partial charge in [-0.15, -0.1) is 0 Å². The Kier molecular flexibility index (Phi) is 9.53. The van der Waals surface area contributed by atoms with Crippen molar-refractivity contribution in [2.75, 3.05) is 10.6 Å². The molecule has 0 atom stereocenters. The molecule has 0 bridgehead atoms. The molecule has 2 heteroatoms. The molecule has 28 heavy (non-hydrogen) atoms. The molecule has 1 aromatic rings. The molecule has 0 unspecified atom stereocenters. The van der Waals surface area contributed by atoms with Crippen LogP contribution in [0.25, 0.3) is 0 Å². The summed E-state index contributed by atoms with van der Waals surface area (Å²) in [6.07, 6.45) is 25.5. The van der Waals surface area contributed by atoms with Gasteiger partial charge < -0.3 is 10.6 Å². The number of anilines is 2. The van der Waals surface area contributed by atoms with Crippen LogP contribution in [0.3, 0.4) is 0 Å². The fourth-order valence-electron chi connectivity index (χ4n) is 5.50. The largest absolute Gasteiger partial charge is 0.399 e. The number of hydrogen-bond donors (Lipinski definition) is 1. The molecule has 0 saturated heterocycles. The molecule has 3 rings (SSSR count). The fraction of sp³-hybridized carbons (Fsp3) is 0.769. The molecule has 2 nitrogen and oxygen atoms in total. The smallest absolute Gasteiger partial charge is 0.0372 e. The van der Waals surface area contributed by atoms with Crippen LogP contribution >= 0.6 is 0 Å². The van der Waals surface area contributed by atoms with Gasteiger partial charge in [0.05, 0.1) is 0 Å². The molecule has 0 radical (unpaired) electrons. The highest BCUT2D eigenvalue weighted by atomic mass is 15.2. The second-order valence-corrected chi connectivity index (χ2v) is 9.41. The van der Waals surface area contributed by atoms with Gasteiger partial charge >= 0.3 is 0 Å². The predicted molar refractivity (Wildman–Crippen MR) is 124 cm³/mol. The van der Waals surface area contributed by atoms with Crippen molar-refractivity contribution in [1.29, 1.82) is 0 Å². The molecular weight excluding hydrogens is 340 g/mol. The number of hydrogen-bond acceptors (Lipinski definition) is 2. The summed E-state index contributed by atoms with van der Waals surface area (Å²) in [4.78, 5) is 2.88. The van der Waals surface area contributed by atoms with E-state index in [9.17, 15) is 0 Å². The Morgan fingerprint density at radius 3 is 1.18 bits per heavy atom. The van der Waals surface area contributed by atoms with E-state index in [-0.39, 0.29) is 0 Å². The van der Waals surface area contributed by atoms with Crippen molar-refractivity contribution in [2.45, 2.75) is 128 Å². The minimum absolute atomic E-state index is 0.717. The lowest BCUT2D eigenvalue weighted by Gasteiger charge is -2.41. The summed E-state index contributed by atoms with van der Waals surface area (Å²) in [6.45, 7) is 0. The van der Waals surface area contributed by atoms with Crippen molar-refractivity contribution in [1.82, 2.24) is 0 Å². The molecule has 0 aromatic heterocycles. The van der Waals surface area contributed by atoms with Gasteiger partial charge in [-0.25, -0.2) is 0 Å². The SMILES string of the molecule is Nc1ccc(N(C2CCCCCCCCC2)C2CCCCCCCCC2)cc1. The van der Waals surface area contributed by atoms with Gasteiger partial charge in [0.15, 0.2) is 0 Å². The highest BCUT2D eigenvalue weighted by Gasteiger charge is 2.26. The summed E-state index contributed by atoms with van der Waals surface area (Å²) in [6, 6.07) is 10.3. The molecule has 2 aliphatic rings. The molecule has 0 amide bonds. The number of rotatable bonds is 3. The summed E-state index contributed by atoms with van der Waals surface area (Å²) in [5.41, 5.74) is 8.35. The summed E-state index contributed by atoms with van der Waals surface area (Å²) in [5.74, 6) is 0. The first-order chi connectivity index (χ1) is 13.8. The Labute approximate surface area is 174 Å². The van der Waals surface area contributed by atoms with Gasteiger partial charge in [-0.2, -0.15) is 0 Å². The van der Waals surface area contributed by atoms with Gasteiger partial charge in [0.2, 0.25) is 0 Å². The van der Waals surface area contributed by atoms with Gasteiger partial charge in [0.1, 0.15) is 0 Å². The second-order valence-electron chi connectivity index (χ2n) is 9.41. The van der Waals surface area contributed by atoms with Crippen molar-refractivity contribution >= 4 is 11.4 Å². The maximum atomic E-state index is 6.03. The Balaban J connectivity index is 1.80. The normalized spacial score (nSPS) is 22.4. The van der Waals surface area contributed by atoms with Gasteiger partial charge in [-0.1, -0.05) is 89.9 Å². The van der Waals surface area contributed by atoms with Crippen LogP contribution < -0.4 is 10.6 Å². The van der Waals surface area contributed by atoms with Crippen LogP contribution in [0.2, 0.25) is 0 Å². The third kappa shape index (κ3) is 7.01. The van der Waals surface area contributed by atoms with E-state index in [4.69, 9.17) is 5.73 Å². The molecule has 0 aliphatic heterocycles. The fourth-order valence-corrected chi connectivity index (χ4v) is 5.50. The summed E-state index contributed by atoms with van der Waals surface area (Å²) in [7, 11) is 0. The van der Waals surface area contributed by atoms with E-state index >= 15 is 0 Å². The number of nitrogen functional groups attached to an aromatic ring is 1. The minimum Gasteiger partial charge on any atom is -0.399 e. The first kappa shape index (κ1) is 21.5. The van der Waals surface area contributed by atoms with Gasteiger partial charge in [0.25, 0.3) is 0 Å². The maximum Gasteiger partial charge on any atom is 0.0372 e. The van der Waals surface area contributed by atoms with Crippen LogP contribution in [0.15, 0.2) is 24.3 Å². The van der Waals surface area contributed by atoms with Crippen LogP contribution in [-0.4, -0.2) is 12.1 Å². The molecule has 2 aliphatic carbocycles. The lowest BCUT2D eigenvalue weighted by Crippen LogP contribution is -2.44. The first-order valence-corrected chi connectivity index (χ1v) is 12.5. The minimum atomic E-state index is 0.717. The van der Waals surface area contributed by atoms with Crippen LogP contribution in [0.5, 0.6) is 0 Å². The third-order valence-corrected chi connectivity index (χ3v) is 7.13. The van der Waals surface area contributed by atoms with Gasteiger partial charge in [0, 0.05) is 23.5 Å². The third-order valence-electron chi connectivity index (χ3n) is 7.13. The Morgan fingerprint density at radius 1 is 0.500 bits per heavy atom. The van der Waals surface area contributed by atoms with Gasteiger partial charge in [-0.3, -0.25) is 0 Å². The second kappa shape index (κ2) is 12.4. The van der Waals surface area contributed by atoms with E-state index in [0.29, 0.717) is 0 Å². The standard InChI is InChI=1S/C26H44N2/c27-23-19-21-26(22-20-23)28(24-15-11-7-3-1-4-8-12-16-24)25-17-13-9-5-2-6-10-14-18-25/h19-22,24-25H,1-18,27H2. The van der Waals surface area contributed by atoms with Crippen molar-refractivity contribution in [3.8, 4) is 0 Å². The highest BCUT2D eigenvalue weighted by molar-refractivity contribution is 5.54. The number of nitrogens with two attached hydrogens (primary N) is 1. The number of benzene rings is 1. The van der Waals surface area contributed by atoms with Crippen molar-refractivity contribution in [3.05, 3.63) is 24.3 Å². The van der Waals surface area contributed by atoms with E-state index in [1.165, 1.54) is 121 Å². The quantitative estimate of drug-likeness (QED) is 0.537. The van der Waals surface area contributed by atoms with E-state index in [2.05, 4.69) is 29.2 Å². The van der Waals surface area contributed by atoms with E-state index in [1.54, 1.807) is 0 Å². The van der Waals surface area contributed by atoms with E-state index < -0.39 is 0 Å². The highest BCUT2D eigenvalue weighted by Crippen LogP contribution is 2.32. The molecule has 158 valence electrons. The molecule has 2 saturated carbocycles. The van der Waals surface area contributed by atoms with Crippen molar-refractivity contribution in [3.63, 3.8) is 0 Å². The maximum absolute atomic E-state index is 6.03. The lowest BCUT2D eigenvalue weighted by atomic mass is 9.91. The Bertz CT molecular complexity index is 478. The summed E-state index contributed by atoms with van der Waals surface area (Å²) < 4.78 is 0. The first-order valence-electron chi connectivity index (χ1n) is 12.5. The zero-order chi connectivity index (χ0) is 19.4. The van der Waals surface area contributed by atoms with Crippen LogP contribution in [-0.2, 0) is 0 Å². The monoisotopic (exact) mass is 384 g/mol. The summed E-state index contributed by atoms with van der Waals surface area (Å²) >= 11 is 0. The van der Waals surface area contributed by atoms with Crippen molar-refractivity contribution < 1.29 is 0 Å². The summed E-state index contributed by atoms with van der Waals surface area (Å²) in [5, 5.41) is 0. The zero-order valence-corrected chi connectivity index (χ0v) is 18.2. The van der Waals surface area contributed by atoms with E-state index in [1.807, 2.05) is 0 Å². The molecule has 0 spiro atoms. The molecular formula is C26H44N2.